The minimum atomic E-state index is 0.191. The molecule has 4 rings (SSSR count). The van der Waals surface area contributed by atoms with Gasteiger partial charge in [0.2, 0.25) is 5.91 Å². The standard InChI is InChI=1S/C20H23N3O3S/c24-20(15-27-17-3-4-18-19(12-17)26-11-10-25-18)23-8-6-22(7-9-23)14-16-2-1-5-21-13-16/h1-5,12-13H,6-11,14-15H2. The molecule has 2 aliphatic heterocycles. The Morgan fingerprint density at radius 1 is 1.07 bits per heavy atom. The Balaban J connectivity index is 1.24. The van der Waals surface area contributed by atoms with Crippen LogP contribution in [0.2, 0.25) is 0 Å². The Hall–Kier alpha value is -2.25. The van der Waals surface area contributed by atoms with Gasteiger partial charge in [-0.2, -0.15) is 0 Å². The van der Waals surface area contributed by atoms with Crippen molar-refractivity contribution in [3.63, 3.8) is 0 Å². The molecule has 0 unspecified atom stereocenters. The molecule has 0 N–H and O–H groups in total. The van der Waals surface area contributed by atoms with Gasteiger partial charge in [0.15, 0.2) is 11.5 Å². The van der Waals surface area contributed by atoms with E-state index in [4.69, 9.17) is 9.47 Å². The van der Waals surface area contributed by atoms with Crippen molar-refractivity contribution >= 4 is 17.7 Å². The second-order valence-electron chi connectivity index (χ2n) is 6.61. The minimum Gasteiger partial charge on any atom is -0.486 e. The molecule has 1 saturated heterocycles. The van der Waals surface area contributed by atoms with Gasteiger partial charge in [0.1, 0.15) is 13.2 Å². The largest absolute Gasteiger partial charge is 0.486 e. The topological polar surface area (TPSA) is 54.9 Å². The number of aromatic nitrogens is 1. The molecule has 1 aromatic heterocycles. The molecule has 0 radical (unpaired) electrons. The van der Waals surface area contributed by atoms with Gasteiger partial charge in [0.25, 0.3) is 0 Å². The highest BCUT2D eigenvalue weighted by Crippen LogP contribution is 2.34. The number of thioether (sulfide) groups is 1. The molecule has 7 heteroatoms. The molecule has 1 amide bonds. The van der Waals surface area contributed by atoms with Gasteiger partial charge in [-0.05, 0) is 29.8 Å². The molecule has 27 heavy (non-hydrogen) atoms. The van der Waals surface area contributed by atoms with Crippen molar-refractivity contribution in [3.8, 4) is 11.5 Å². The number of piperazine rings is 1. The number of nitrogens with zero attached hydrogens (tertiary/aromatic N) is 3. The molecule has 2 aromatic rings. The van der Waals surface area contributed by atoms with E-state index in [-0.39, 0.29) is 5.91 Å². The fourth-order valence-corrected chi connectivity index (χ4v) is 4.08. The zero-order chi connectivity index (χ0) is 18.5. The van der Waals surface area contributed by atoms with Crippen LogP contribution in [0.3, 0.4) is 0 Å². The molecule has 2 aliphatic rings. The maximum absolute atomic E-state index is 12.5. The first kappa shape index (κ1) is 18.1. The second kappa shape index (κ2) is 8.63. The Kier molecular flexibility index (Phi) is 5.79. The monoisotopic (exact) mass is 385 g/mol. The Morgan fingerprint density at radius 3 is 2.67 bits per heavy atom. The van der Waals surface area contributed by atoms with Crippen LogP contribution < -0.4 is 9.47 Å². The number of carbonyl (C=O) groups is 1. The summed E-state index contributed by atoms with van der Waals surface area (Å²) in [6.45, 7) is 5.40. The fraction of sp³-hybridized carbons (Fsp3) is 0.400. The summed E-state index contributed by atoms with van der Waals surface area (Å²) in [7, 11) is 0. The average Bonchev–Trinajstić information content (AvgIpc) is 2.73. The number of fused-ring (bicyclic) bond motifs is 1. The maximum atomic E-state index is 12.5. The van der Waals surface area contributed by atoms with Crippen LogP contribution >= 0.6 is 11.8 Å². The van der Waals surface area contributed by atoms with Crippen molar-refractivity contribution in [2.45, 2.75) is 11.4 Å². The molecule has 1 aromatic carbocycles. The number of pyridine rings is 1. The zero-order valence-corrected chi connectivity index (χ0v) is 16.0. The third kappa shape index (κ3) is 4.73. The lowest BCUT2D eigenvalue weighted by molar-refractivity contribution is -0.130. The lowest BCUT2D eigenvalue weighted by Crippen LogP contribution is -2.48. The third-order valence-electron chi connectivity index (χ3n) is 4.73. The predicted octanol–water partition coefficient (Wildman–Crippen LogP) is 2.29. The summed E-state index contributed by atoms with van der Waals surface area (Å²) in [5, 5.41) is 0. The summed E-state index contributed by atoms with van der Waals surface area (Å²) in [5.74, 6) is 2.18. The van der Waals surface area contributed by atoms with E-state index in [1.807, 2.05) is 35.4 Å². The van der Waals surface area contributed by atoms with Crippen molar-refractivity contribution < 1.29 is 14.3 Å². The van der Waals surface area contributed by atoms with Gasteiger partial charge in [-0.15, -0.1) is 11.8 Å². The minimum absolute atomic E-state index is 0.191. The fourth-order valence-electron chi connectivity index (χ4n) is 3.26. The molecule has 0 bridgehead atoms. The van der Waals surface area contributed by atoms with Crippen molar-refractivity contribution in [1.29, 1.82) is 0 Å². The predicted molar refractivity (Wildman–Crippen MR) is 104 cm³/mol. The summed E-state index contributed by atoms with van der Waals surface area (Å²) in [4.78, 5) is 22.1. The zero-order valence-electron chi connectivity index (χ0n) is 15.2. The third-order valence-corrected chi connectivity index (χ3v) is 5.71. The first-order valence-corrected chi connectivity index (χ1v) is 10.2. The quantitative estimate of drug-likeness (QED) is 0.736. The van der Waals surface area contributed by atoms with E-state index < -0.39 is 0 Å². The summed E-state index contributed by atoms with van der Waals surface area (Å²) >= 11 is 1.55. The van der Waals surface area contributed by atoms with Crippen LogP contribution in [0.1, 0.15) is 5.56 Å². The lowest BCUT2D eigenvalue weighted by Gasteiger charge is -2.34. The molecule has 142 valence electrons. The van der Waals surface area contributed by atoms with Gasteiger partial charge >= 0.3 is 0 Å². The molecular formula is C20H23N3O3S. The van der Waals surface area contributed by atoms with Gasteiger partial charge in [-0.25, -0.2) is 0 Å². The normalized spacial score (nSPS) is 17.0. The van der Waals surface area contributed by atoms with Crippen molar-refractivity contribution in [1.82, 2.24) is 14.8 Å². The molecule has 0 spiro atoms. The molecule has 0 atom stereocenters. The first-order valence-electron chi connectivity index (χ1n) is 9.19. The average molecular weight is 385 g/mol. The number of carbonyl (C=O) groups excluding carboxylic acids is 1. The highest BCUT2D eigenvalue weighted by Gasteiger charge is 2.21. The SMILES string of the molecule is O=C(CSc1ccc2c(c1)OCCO2)N1CCN(Cc2cccnc2)CC1. The molecule has 0 aliphatic carbocycles. The van der Waals surface area contributed by atoms with Gasteiger partial charge < -0.3 is 14.4 Å². The van der Waals surface area contributed by atoms with Gasteiger partial charge in [0, 0.05) is 50.0 Å². The van der Waals surface area contributed by atoms with E-state index in [0.717, 1.165) is 49.1 Å². The summed E-state index contributed by atoms with van der Waals surface area (Å²) in [6, 6.07) is 9.91. The van der Waals surface area contributed by atoms with Crippen LogP contribution in [-0.4, -0.2) is 65.8 Å². The number of hydrogen-bond acceptors (Lipinski definition) is 6. The van der Waals surface area contributed by atoms with Gasteiger partial charge in [-0.1, -0.05) is 6.07 Å². The Labute approximate surface area is 163 Å². The molecule has 0 saturated carbocycles. The van der Waals surface area contributed by atoms with E-state index in [9.17, 15) is 4.79 Å². The Morgan fingerprint density at radius 2 is 1.89 bits per heavy atom. The van der Waals surface area contributed by atoms with Gasteiger partial charge in [-0.3, -0.25) is 14.7 Å². The van der Waals surface area contributed by atoms with Gasteiger partial charge in [0.05, 0.1) is 5.75 Å². The van der Waals surface area contributed by atoms with Crippen molar-refractivity contribution in [2.75, 3.05) is 45.1 Å². The van der Waals surface area contributed by atoms with Crippen LogP contribution in [0.5, 0.6) is 11.5 Å². The number of ether oxygens (including phenoxy) is 2. The molecule has 3 heterocycles. The highest BCUT2D eigenvalue weighted by molar-refractivity contribution is 8.00. The van der Waals surface area contributed by atoms with Crippen LogP contribution in [0.15, 0.2) is 47.6 Å². The van der Waals surface area contributed by atoms with Crippen LogP contribution in [0, 0.1) is 0 Å². The van der Waals surface area contributed by atoms with Crippen molar-refractivity contribution in [3.05, 3.63) is 48.3 Å². The summed E-state index contributed by atoms with van der Waals surface area (Å²) in [6.07, 6.45) is 3.70. The maximum Gasteiger partial charge on any atom is 0.233 e. The molecule has 1 fully saturated rings. The highest BCUT2D eigenvalue weighted by atomic mass is 32.2. The van der Waals surface area contributed by atoms with Crippen molar-refractivity contribution in [2.24, 2.45) is 0 Å². The first-order chi connectivity index (χ1) is 13.3. The van der Waals surface area contributed by atoms with Crippen LogP contribution in [0.4, 0.5) is 0 Å². The van der Waals surface area contributed by atoms with Crippen LogP contribution in [0.25, 0.3) is 0 Å². The van der Waals surface area contributed by atoms with E-state index in [0.29, 0.717) is 19.0 Å². The summed E-state index contributed by atoms with van der Waals surface area (Å²) in [5.41, 5.74) is 1.21. The van der Waals surface area contributed by atoms with E-state index in [1.165, 1.54) is 5.56 Å². The lowest BCUT2D eigenvalue weighted by atomic mass is 10.2. The van der Waals surface area contributed by atoms with E-state index in [1.54, 1.807) is 18.0 Å². The Bertz CT molecular complexity index is 779. The molecule has 6 nitrogen and oxygen atoms in total. The smallest absolute Gasteiger partial charge is 0.233 e. The second-order valence-corrected chi connectivity index (χ2v) is 7.66. The number of amides is 1. The molecular weight excluding hydrogens is 362 g/mol. The van der Waals surface area contributed by atoms with E-state index in [2.05, 4.69) is 16.0 Å². The number of hydrogen-bond donors (Lipinski definition) is 0. The number of benzene rings is 1. The number of rotatable bonds is 5. The van der Waals surface area contributed by atoms with E-state index >= 15 is 0 Å². The summed E-state index contributed by atoms with van der Waals surface area (Å²) < 4.78 is 11.1. The van der Waals surface area contributed by atoms with Crippen LogP contribution in [-0.2, 0) is 11.3 Å².